The van der Waals surface area contributed by atoms with Crippen LogP contribution in [0.3, 0.4) is 0 Å². The standard InChI is InChI=1S/C19H25N3O3/c1-21-12-16(17(20-21)14-6-4-3-5-7-14)13-22-10-8-15(9-11-22)18(23)19(24)25-2/h3-7,12,15,18,23H,8-11,13H2,1-2H3. The Morgan fingerprint density at radius 2 is 2.00 bits per heavy atom. The van der Waals surface area contributed by atoms with Crippen molar-refractivity contribution in [2.75, 3.05) is 20.2 Å². The van der Waals surface area contributed by atoms with E-state index in [1.165, 1.54) is 12.7 Å². The Bertz CT molecular complexity index is 706. The number of benzene rings is 1. The predicted molar refractivity (Wildman–Crippen MR) is 94.7 cm³/mol. The van der Waals surface area contributed by atoms with Gasteiger partial charge in [-0.1, -0.05) is 30.3 Å². The number of hydrogen-bond acceptors (Lipinski definition) is 5. The zero-order valence-corrected chi connectivity index (χ0v) is 14.8. The number of hydrogen-bond donors (Lipinski definition) is 1. The van der Waals surface area contributed by atoms with E-state index in [4.69, 9.17) is 0 Å². The van der Waals surface area contributed by atoms with Crippen LogP contribution in [0.1, 0.15) is 18.4 Å². The van der Waals surface area contributed by atoms with Crippen molar-refractivity contribution in [1.29, 1.82) is 0 Å². The summed E-state index contributed by atoms with van der Waals surface area (Å²) in [5, 5.41) is 14.6. The number of carbonyl (C=O) groups excluding carboxylic acids is 1. The van der Waals surface area contributed by atoms with Crippen molar-refractivity contribution in [2.45, 2.75) is 25.5 Å². The number of rotatable bonds is 5. The van der Waals surface area contributed by atoms with Crippen LogP contribution in [0.4, 0.5) is 0 Å². The van der Waals surface area contributed by atoms with E-state index in [-0.39, 0.29) is 5.92 Å². The van der Waals surface area contributed by atoms with Gasteiger partial charge in [0.25, 0.3) is 0 Å². The summed E-state index contributed by atoms with van der Waals surface area (Å²) in [6, 6.07) is 10.2. The van der Waals surface area contributed by atoms with Gasteiger partial charge < -0.3 is 9.84 Å². The smallest absolute Gasteiger partial charge is 0.334 e. The number of aliphatic hydroxyl groups excluding tert-OH is 1. The van der Waals surface area contributed by atoms with Crippen LogP contribution in [0.15, 0.2) is 36.5 Å². The summed E-state index contributed by atoms with van der Waals surface area (Å²) in [5.41, 5.74) is 3.33. The predicted octanol–water partition coefficient (Wildman–Crippen LogP) is 1.83. The maximum Gasteiger partial charge on any atom is 0.334 e. The molecule has 6 nitrogen and oxygen atoms in total. The minimum Gasteiger partial charge on any atom is -0.467 e. The van der Waals surface area contributed by atoms with E-state index in [2.05, 4.69) is 33.1 Å². The quantitative estimate of drug-likeness (QED) is 0.839. The van der Waals surface area contributed by atoms with Crippen molar-refractivity contribution in [2.24, 2.45) is 13.0 Å². The number of piperidine rings is 1. The molecule has 1 N–H and O–H groups in total. The highest BCUT2D eigenvalue weighted by Gasteiger charge is 2.30. The Kier molecular flexibility index (Phi) is 5.50. The molecule has 2 aromatic rings. The Balaban J connectivity index is 1.64. The summed E-state index contributed by atoms with van der Waals surface area (Å²) in [5.74, 6) is -0.553. The number of aromatic nitrogens is 2. The molecule has 6 heteroatoms. The number of esters is 1. The number of nitrogens with zero attached hydrogens (tertiary/aromatic N) is 3. The largest absolute Gasteiger partial charge is 0.467 e. The summed E-state index contributed by atoms with van der Waals surface area (Å²) < 4.78 is 6.49. The lowest BCUT2D eigenvalue weighted by Crippen LogP contribution is -2.40. The number of carbonyl (C=O) groups is 1. The molecule has 1 saturated heterocycles. The molecule has 0 amide bonds. The van der Waals surface area contributed by atoms with Crippen molar-refractivity contribution in [3.05, 3.63) is 42.1 Å². The molecule has 0 bridgehead atoms. The number of aryl methyl sites for hydroxylation is 1. The topological polar surface area (TPSA) is 67.6 Å². The second-order valence-corrected chi connectivity index (χ2v) is 6.62. The third-order valence-corrected chi connectivity index (χ3v) is 4.87. The molecule has 0 saturated carbocycles. The second-order valence-electron chi connectivity index (χ2n) is 6.62. The van der Waals surface area contributed by atoms with Gasteiger partial charge in [-0.25, -0.2) is 4.79 Å². The van der Waals surface area contributed by atoms with Gasteiger partial charge >= 0.3 is 5.97 Å². The van der Waals surface area contributed by atoms with E-state index < -0.39 is 12.1 Å². The molecule has 25 heavy (non-hydrogen) atoms. The number of ether oxygens (including phenoxy) is 1. The van der Waals surface area contributed by atoms with Gasteiger partial charge in [0.05, 0.1) is 12.8 Å². The molecule has 1 aromatic heterocycles. The Hall–Kier alpha value is -2.18. The number of methoxy groups -OCH3 is 1. The molecule has 1 unspecified atom stereocenters. The third kappa shape index (κ3) is 4.08. The van der Waals surface area contributed by atoms with Crippen molar-refractivity contribution >= 4 is 5.97 Å². The lowest BCUT2D eigenvalue weighted by atomic mass is 9.91. The van der Waals surface area contributed by atoms with E-state index >= 15 is 0 Å². The minimum absolute atomic E-state index is 0.0220. The molecular weight excluding hydrogens is 318 g/mol. The second kappa shape index (κ2) is 7.80. The van der Waals surface area contributed by atoms with Gasteiger partial charge in [-0.2, -0.15) is 5.10 Å². The van der Waals surface area contributed by atoms with E-state index in [1.807, 2.05) is 29.9 Å². The van der Waals surface area contributed by atoms with Gasteiger partial charge in [-0.05, 0) is 31.8 Å². The van der Waals surface area contributed by atoms with Crippen LogP contribution >= 0.6 is 0 Å². The van der Waals surface area contributed by atoms with Gasteiger partial charge in [-0.3, -0.25) is 9.58 Å². The van der Waals surface area contributed by atoms with Crippen LogP contribution < -0.4 is 0 Å². The van der Waals surface area contributed by atoms with E-state index in [1.54, 1.807) is 0 Å². The monoisotopic (exact) mass is 343 g/mol. The molecule has 1 aliphatic rings. The maximum absolute atomic E-state index is 11.5. The van der Waals surface area contributed by atoms with Crippen LogP contribution in [0.2, 0.25) is 0 Å². The zero-order chi connectivity index (χ0) is 17.8. The zero-order valence-electron chi connectivity index (χ0n) is 14.8. The van der Waals surface area contributed by atoms with Gasteiger partial charge in [0.1, 0.15) is 0 Å². The minimum atomic E-state index is -1.01. The molecule has 1 aliphatic heterocycles. The average molecular weight is 343 g/mol. The van der Waals surface area contributed by atoms with Crippen molar-refractivity contribution < 1.29 is 14.6 Å². The van der Waals surface area contributed by atoms with Gasteiger partial charge in [-0.15, -0.1) is 0 Å². The van der Waals surface area contributed by atoms with Crippen molar-refractivity contribution in [3.63, 3.8) is 0 Å². The first-order chi connectivity index (χ1) is 12.1. The molecule has 1 aromatic carbocycles. The van der Waals surface area contributed by atoms with Crippen molar-refractivity contribution in [1.82, 2.24) is 14.7 Å². The van der Waals surface area contributed by atoms with Crippen LogP contribution in [-0.2, 0) is 23.1 Å². The molecule has 0 radical (unpaired) electrons. The van der Waals surface area contributed by atoms with Crippen LogP contribution in [0.5, 0.6) is 0 Å². The number of likely N-dealkylation sites (tertiary alicyclic amines) is 1. The molecule has 1 fully saturated rings. The first-order valence-electron chi connectivity index (χ1n) is 8.64. The first kappa shape index (κ1) is 17.6. The first-order valence-corrected chi connectivity index (χ1v) is 8.64. The Labute approximate surface area is 148 Å². The van der Waals surface area contributed by atoms with Crippen LogP contribution in [0, 0.1) is 5.92 Å². The van der Waals surface area contributed by atoms with Crippen molar-refractivity contribution in [3.8, 4) is 11.3 Å². The van der Waals surface area contributed by atoms with E-state index in [0.717, 1.165) is 43.7 Å². The lowest BCUT2D eigenvalue weighted by Gasteiger charge is -2.33. The molecular formula is C19H25N3O3. The highest BCUT2D eigenvalue weighted by Crippen LogP contribution is 2.26. The Morgan fingerprint density at radius 1 is 1.32 bits per heavy atom. The molecule has 1 atom stereocenters. The molecule has 3 rings (SSSR count). The molecule has 134 valence electrons. The molecule has 2 heterocycles. The van der Waals surface area contributed by atoms with E-state index in [0.29, 0.717) is 0 Å². The number of aliphatic hydroxyl groups is 1. The highest BCUT2D eigenvalue weighted by atomic mass is 16.5. The summed E-state index contributed by atoms with van der Waals surface area (Å²) in [4.78, 5) is 13.8. The normalized spacial score (nSPS) is 17.4. The fraction of sp³-hybridized carbons (Fsp3) is 0.474. The Morgan fingerprint density at radius 3 is 2.64 bits per heavy atom. The maximum atomic E-state index is 11.5. The summed E-state index contributed by atoms with van der Waals surface area (Å²) in [6.07, 6.45) is 2.64. The summed E-state index contributed by atoms with van der Waals surface area (Å²) >= 11 is 0. The van der Waals surface area contributed by atoms with Gasteiger partial charge in [0, 0.05) is 30.9 Å². The van der Waals surface area contributed by atoms with Gasteiger partial charge in [0.2, 0.25) is 0 Å². The van der Waals surface area contributed by atoms with E-state index in [9.17, 15) is 9.90 Å². The SMILES string of the molecule is COC(=O)C(O)C1CCN(Cc2cn(C)nc2-c2ccccc2)CC1. The average Bonchev–Trinajstić information content (AvgIpc) is 3.02. The van der Waals surface area contributed by atoms with Crippen LogP contribution in [0.25, 0.3) is 11.3 Å². The van der Waals surface area contributed by atoms with Gasteiger partial charge in [0.15, 0.2) is 6.10 Å². The fourth-order valence-electron chi connectivity index (χ4n) is 3.47. The summed E-state index contributed by atoms with van der Waals surface area (Å²) in [6.45, 7) is 2.52. The lowest BCUT2D eigenvalue weighted by molar-refractivity contribution is -0.154. The third-order valence-electron chi connectivity index (χ3n) is 4.87. The molecule has 0 aliphatic carbocycles. The summed E-state index contributed by atoms with van der Waals surface area (Å²) in [7, 11) is 3.25. The fourth-order valence-corrected chi connectivity index (χ4v) is 3.47. The highest BCUT2D eigenvalue weighted by molar-refractivity contribution is 5.74. The van der Waals surface area contributed by atoms with Crippen LogP contribution in [-0.4, -0.2) is 52.1 Å². The molecule has 0 spiro atoms.